The minimum absolute atomic E-state index is 0.0545. The predicted octanol–water partition coefficient (Wildman–Crippen LogP) is 5.95. The number of oxime groups is 1. The molecular weight excluding hydrogens is 350 g/mol. The third kappa shape index (κ3) is 4.62. The van der Waals surface area contributed by atoms with Gasteiger partial charge >= 0.3 is 6.18 Å². The van der Waals surface area contributed by atoms with Gasteiger partial charge in [-0.15, -0.1) is 0 Å². The molecule has 0 aliphatic rings. The molecule has 0 atom stereocenters. The van der Waals surface area contributed by atoms with Crippen LogP contribution in [0.3, 0.4) is 0 Å². The van der Waals surface area contributed by atoms with Crippen LogP contribution in [-0.2, 0) is 17.6 Å². The van der Waals surface area contributed by atoms with E-state index < -0.39 is 11.7 Å². The van der Waals surface area contributed by atoms with Crippen molar-refractivity contribution in [3.8, 4) is 0 Å². The van der Waals surface area contributed by atoms with Crippen molar-refractivity contribution in [3.63, 3.8) is 0 Å². The van der Waals surface area contributed by atoms with Crippen molar-refractivity contribution in [3.05, 3.63) is 69.2 Å². The quantitative estimate of drug-likeness (QED) is 0.486. The lowest BCUT2D eigenvalue weighted by atomic mass is 10.0. The molecule has 122 valence electrons. The Morgan fingerprint density at radius 1 is 1.13 bits per heavy atom. The Kier molecular flexibility index (Phi) is 5.55. The van der Waals surface area contributed by atoms with Crippen LogP contribution in [0.4, 0.5) is 13.2 Å². The van der Waals surface area contributed by atoms with Gasteiger partial charge in [0.25, 0.3) is 0 Å². The van der Waals surface area contributed by atoms with Crippen LogP contribution in [0.15, 0.2) is 47.6 Å². The summed E-state index contributed by atoms with van der Waals surface area (Å²) in [6.07, 6.45) is -4.50. The third-order valence-electron chi connectivity index (χ3n) is 3.06. The highest BCUT2D eigenvalue weighted by Crippen LogP contribution is 2.33. The van der Waals surface area contributed by atoms with Gasteiger partial charge in [0, 0.05) is 21.2 Å². The lowest BCUT2D eigenvalue weighted by molar-refractivity contribution is -0.137. The molecule has 2 aromatic rings. The lowest BCUT2D eigenvalue weighted by Crippen LogP contribution is -2.12. The molecule has 0 aliphatic carbocycles. The fraction of sp³-hybridized carbons (Fsp3) is 0.188. The summed E-state index contributed by atoms with van der Waals surface area (Å²) in [5, 5.41) is 4.43. The standard InChI is InChI=1S/C16H12Cl2F3NO/c1-10(22-23-9-11-4-2-3-5-15(11)18)13-8-12(17)6-7-14(13)16(19,20)21/h2-8H,9H2,1H3. The number of rotatable bonds is 4. The van der Waals surface area contributed by atoms with Crippen LogP contribution in [0.2, 0.25) is 10.0 Å². The summed E-state index contributed by atoms with van der Waals surface area (Å²) in [5.41, 5.74) is -0.173. The largest absolute Gasteiger partial charge is 0.417 e. The highest BCUT2D eigenvalue weighted by Gasteiger charge is 2.34. The maximum atomic E-state index is 13.0. The van der Waals surface area contributed by atoms with Gasteiger partial charge in [0.2, 0.25) is 0 Å². The molecule has 0 fully saturated rings. The van der Waals surface area contributed by atoms with E-state index in [4.69, 9.17) is 28.0 Å². The average Bonchev–Trinajstić information content (AvgIpc) is 2.47. The Balaban J connectivity index is 2.21. The number of benzene rings is 2. The molecule has 0 heterocycles. The molecule has 2 aromatic carbocycles. The Labute approximate surface area is 141 Å². The van der Waals surface area contributed by atoms with Crippen LogP contribution < -0.4 is 0 Å². The highest BCUT2D eigenvalue weighted by molar-refractivity contribution is 6.31. The Morgan fingerprint density at radius 3 is 2.48 bits per heavy atom. The van der Waals surface area contributed by atoms with E-state index in [1.807, 2.05) is 0 Å². The molecule has 0 bridgehead atoms. The molecule has 23 heavy (non-hydrogen) atoms. The van der Waals surface area contributed by atoms with Crippen LogP contribution in [0.1, 0.15) is 23.6 Å². The van der Waals surface area contributed by atoms with Gasteiger partial charge in [-0.25, -0.2) is 0 Å². The third-order valence-corrected chi connectivity index (χ3v) is 3.66. The summed E-state index contributed by atoms with van der Waals surface area (Å²) in [5.74, 6) is 0. The zero-order valence-corrected chi connectivity index (χ0v) is 13.5. The van der Waals surface area contributed by atoms with E-state index in [2.05, 4.69) is 5.16 Å². The molecule has 0 saturated carbocycles. The van der Waals surface area contributed by atoms with E-state index in [-0.39, 0.29) is 22.9 Å². The number of halogens is 5. The van der Waals surface area contributed by atoms with Crippen LogP contribution in [0, 0.1) is 0 Å². The molecule has 0 aliphatic heterocycles. The number of hydrogen-bond acceptors (Lipinski definition) is 2. The fourth-order valence-electron chi connectivity index (χ4n) is 1.93. The highest BCUT2D eigenvalue weighted by atomic mass is 35.5. The lowest BCUT2D eigenvalue weighted by Gasteiger charge is -2.13. The van der Waals surface area contributed by atoms with E-state index in [0.717, 1.165) is 6.07 Å². The molecule has 0 amide bonds. The molecule has 7 heteroatoms. The van der Waals surface area contributed by atoms with Crippen LogP contribution in [0.5, 0.6) is 0 Å². The van der Waals surface area contributed by atoms with Crippen LogP contribution in [-0.4, -0.2) is 5.71 Å². The molecule has 0 aromatic heterocycles. The topological polar surface area (TPSA) is 21.6 Å². The molecule has 0 spiro atoms. The second kappa shape index (κ2) is 7.23. The van der Waals surface area contributed by atoms with Gasteiger partial charge in [-0.3, -0.25) is 0 Å². The van der Waals surface area contributed by atoms with Gasteiger partial charge in [-0.05, 0) is 31.2 Å². The molecule has 0 N–H and O–H groups in total. The van der Waals surface area contributed by atoms with Gasteiger partial charge in [-0.2, -0.15) is 13.2 Å². The summed E-state index contributed by atoms with van der Waals surface area (Å²) in [6.45, 7) is 1.48. The summed E-state index contributed by atoms with van der Waals surface area (Å²) in [7, 11) is 0. The minimum atomic E-state index is -4.50. The predicted molar refractivity (Wildman–Crippen MR) is 84.9 cm³/mol. The van der Waals surface area contributed by atoms with E-state index in [0.29, 0.717) is 10.6 Å². The Morgan fingerprint density at radius 2 is 1.83 bits per heavy atom. The normalized spacial score (nSPS) is 12.3. The summed E-state index contributed by atoms with van der Waals surface area (Å²) < 4.78 is 39.1. The van der Waals surface area contributed by atoms with Gasteiger partial charge in [-0.1, -0.05) is 46.6 Å². The Bertz CT molecular complexity index is 730. The summed E-state index contributed by atoms with van der Waals surface area (Å²) in [6, 6.07) is 10.3. The molecular formula is C16H12Cl2F3NO. The van der Waals surface area contributed by atoms with Gasteiger partial charge < -0.3 is 4.84 Å². The zero-order chi connectivity index (χ0) is 17.0. The van der Waals surface area contributed by atoms with Crippen molar-refractivity contribution in [1.29, 1.82) is 0 Å². The first-order valence-corrected chi connectivity index (χ1v) is 7.31. The van der Waals surface area contributed by atoms with Crippen LogP contribution in [0.25, 0.3) is 0 Å². The minimum Gasteiger partial charge on any atom is -0.391 e. The van der Waals surface area contributed by atoms with Crippen molar-refractivity contribution in [1.82, 2.24) is 0 Å². The summed E-state index contributed by atoms with van der Waals surface area (Å²) in [4.78, 5) is 5.12. The van der Waals surface area contributed by atoms with Crippen molar-refractivity contribution in [2.75, 3.05) is 0 Å². The fourth-order valence-corrected chi connectivity index (χ4v) is 2.29. The maximum Gasteiger partial charge on any atom is 0.417 e. The first-order chi connectivity index (χ1) is 10.8. The summed E-state index contributed by atoms with van der Waals surface area (Å²) >= 11 is 11.7. The van der Waals surface area contributed by atoms with Gasteiger partial charge in [0.15, 0.2) is 0 Å². The van der Waals surface area contributed by atoms with Crippen molar-refractivity contribution in [2.45, 2.75) is 19.7 Å². The SMILES string of the molecule is CC(=NOCc1ccccc1Cl)c1cc(Cl)ccc1C(F)(F)F. The van der Waals surface area contributed by atoms with Gasteiger partial charge in [0.05, 0.1) is 11.3 Å². The number of nitrogens with zero attached hydrogens (tertiary/aromatic N) is 1. The second-order valence-corrected chi connectivity index (χ2v) is 5.57. The molecule has 0 saturated heterocycles. The van der Waals surface area contributed by atoms with Gasteiger partial charge in [0.1, 0.15) is 6.61 Å². The monoisotopic (exact) mass is 361 g/mol. The van der Waals surface area contributed by atoms with Crippen molar-refractivity contribution >= 4 is 28.9 Å². The van der Waals surface area contributed by atoms with Crippen molar-refractivity contribution < 1.29 is 18.0 Å². The first-order valence-electron chi connectivity index (χ1n) is 6.56. The number of alkyl halides is 3. The second-order valence-electron chi connectivity index (χ2n) is 4.73. The molecule has 2 rings (SSSR count). The molecule has 0 radical (unpaired) electrons. The maximum absolute atomic E-state index is 13.0. The van der Waals surface area contributed by atoms with E-state index in [1.165, 1.54) is 19.1 Å². The van der Waals surface area contributed by atoms with E-state index >= 15 is 0 Å². The van der Waals surface area contributed by atoms with Crippen molar-refractivity contribution in [2.24, 2.45) is 5.16 Å². The smallest absolute Gasteiger partial charge is 0.391 e. The molecule has 0 unspecified atom stereocenters. The van der Waals surface area contributed by atoms with E-state index in [9.17, 15) is 13.2 Å². The first kappa shape index (κ1) is 17.6. The van der Waals surface area contributed by atoms with E-state index in [1.54, 1.807) is 24.3 Å². The zero-order valence-electron chi connectivity index (χ0n) is 12.0. The molecule has 2 nitrogen and oxygen atoms in total. The van der Waals surface area contributed by atoms with Crippen LogP contribution >= 0.6 is 23.2 Å². The number of hydrogen-bond donors (Lipinski definition) is 0. The Hall–Kier alpha value is -1.72. The average molecular weight is 362 g/mol.